The first-order valence-corrected chi connectivity index (χ1v) is 10.6. The van der Waals surface area contributed by atoms with Crippen molar-refractivity contribution in [3.8, 4) is 0 Å². The first kappa shape index (κ1) is 19.5. The summed E-state index contributed by atoms with van der Waals surface area (Å²) in [4.78, 5) is 25.7. The Kier molecular flexibility index (Phi) is 6.17. The lowest BCUT2D eigenvalue weighted by molar-refractivity contribution is 0.0306. The summed E-state index contributed by atoms with van der Waals surface area (Å²) < 4.78 is 5.36. The van der Waals surface area contributed by atoms with Gasteiger partial charge in [-0.05, 0) is 36.3 Å². The Morgan fingerprint density at radius 1 is 1.24 bits per heavy atom. The fraction of sp³-hybridized carbons (Fsp3) is 0.318. The van der Waals surface area contributed by atoms with Crippen molar-refractivity contribution in [2.24, 2.45) is 9.98 Å². The van der Waals surface area contributed by atoms with Crippen molar-refractivity contribution in [2.45, 2.75) is 19.9 Å². The van der Waals surface area contributed by atoms with Gasteiger partial charge in [-0.1, -0.05) is 24.3 Å². The fourth-order valence-corrected chi connectivity index (χ4v) is 4.29. The van der Waals surface area contributed by atoms with E-state index in [9.17, 15) is 4.79 Å². The third-order valence-electron chi connectivity index (χ3n) is 4.87. The van der Waals surface area contributed by atoms with E-state index in [4.69, 9.17) is 4.74 Å². The van der Waals surface area contributed by atoms with Gasteiger partial charge in [0.2, 0.25) is 5.96 Å². The Morgan fingerprint density at radius 2 is 2.07 bits per heavy atom. The van der Waals surface area contributed by atoms with Gasteiger partial charge in [-0.3, -0.25) is 4.79 Å². The van der Waals surface area contributed by atoms with Crippen LogP contribution >= 0.6 is 11.3 Å². The van der Waals surface area contributed by atoms with E-state index in [1.54, 1.807) is 0 Å². The average Bonchev–Trinajstić information content (AvgIpc) is 3.16. The molecule has 1 aromatic heterocycles. The van der Waals surface area contributed by atoms with Crippen LogP contribution in [0.1, 0.15) is 32.1 Å². The Morgan fingerprint density at radius 3 is 2.90 bits per heavy atom. The molecule has 1 fully saturated rings. The molecule has 0 saturated carbocycles. The predicted octanol–water partition coefficient (Wildman–Crippen LogP) is 3.98. The molecule has 29 heavy (non-hydrogen) atoms. The molecule has 2 aliphatic rings. The van der Waals surface area contributed by atoms with Crippen LogP contribution in [0.5, 0.6) is 0 Å². The van der Waals surface area contributed by atoms with Gasteiger partial charge in [-0.2, -0.15) is 0 Å². The summed E-state index contributed by atoms with van der Waals surface area (Å²) in [6.45, 7) is 5.02. The molecule has 0 bridgehead atoms. The van der Waals surface area contributed by atoms with E-state index in [-0.39, 0.29) is 5.91 Å². The molecule has 0 spiro atoms. The van der Waals surface area contributed by atoms with E-state index in [1.165, 1.54) is 11.3 Å². The zero-order chi connectivity index (χ0) is 20.1. The first-order valence-electron chi connectivity index (χ1n) is 9.76. The number of nitrogens with one attached hydrogen (secondary N) is 1. The number of para-hydroxylation sites is 1. The van der Waals surface area contributed by atoms with Crippen LogP contribution in [0.25, 0.3) is 6.08 Å². The second-order valence-electron chi connectivity index (χ2n) is 6.93. The van der Waals surface area contributed by atoms with Crippen molar-refractivity contribution in [1.82, 2.24) is 4.90 Å². The highest BCUT2D eigenvalue weighted by molar-refractivity contribution is 7.15. The standard InChI is InChI=1S/C22H24N4O2S/c1-16-6-2-3-7-18(16)25-22-23-9-5-4-8-19-17(15-24-22)14-20(29-19)21(27)26-10-12-28-13-11-26/h2-4,6-9,14H,5,10-13,15H2,1H3,(H,24,25)/b8-4-,23-9-. The van der Waals surface area contributed by atoms with Gasteiger partial charge < -0.3 is 15.0 Å². The molecular formula is C22H24N4O2S. The molecule has 0 aliphatic carbocycles. The SMILES string of the molecule is Cc1ccccc1NC1=N/Cc2cc(C(=O)N3CCOCC3)sc2/C=C\C/C=N\1. The minimum atomic E-state index is 0.0764. The van der Waals surface area contributed by atoms with Crippen LogP contribution in [0.15, 0.2) is 46.4 Å². The minimum Gasteiger partial charge on any atom is -0.378 e. The molecule has 0 unspecified atom stereocenters. The van der Waals surface area contributed by atoms with Crippen LogP contribution in [-0.2, 0) is 11.3 Å². The maximum atomic E-state index is 12.9. The monoisotopic (exact) mass is 408 g/mol. The normalized spacial score (nSPS) is 20.9. The minimum absolute atomic E-state index is 0.0764. The number of ether oxygens (including phenoxy) is 1. The van der Waals surface area contributed by atoms with Gasteiger partial charge in [0.15, 0.2) is 0 Å². The van der Waals surface area contributed by atoms with Crippen LogP contribution < -0.4 is 5.32 Å². The molecule has 1 aromatic carbocycles. The number of aryl methyl sites for hydroxylation is 1. The van der Waals surface area contributed by atoms with Crippen LogP contribution in [0.4, 0.5) is 5.69 Å². The lowest BCUT2D eigenvalue weighted by Crippen LogP contribution is -2.40. The van der Waals surface area contributed by atoms with Gasteiger partial charge in [0.1, 0.15) is 0 Å². The number of nitrogens with zero attached hydrogens (tertiary/aromatic N) is 3. The molecule has 1 N–H and O–H groups in total. The molecule has 0 radical (unpaired) electrons. The number of guanidine groups is 1. The summed E-state index contributed by atoms with van der Waals surface area (Å²) in [6, 6.07) is 10.0. The van der Waals surface area contributed by atoms with E-state index in [1.807, 2.05) is 35.4 Å². The fourth-order valence-electron chi connectivity index (χ4n) is 3.22. The van der Waals surface area contributed by atoms with Gasteiger partial charge in [-0.15, -0.1) is 11.3 Å². The van der Waals surface area contributed by atoms with Gasteiger partial charge in [0.05, 0.1) is 24.6 Å². The van der Waals surface area contributed by atoms with Crippen LogP contribution in [0.2, 0.25) is 0 Å². The van der Waals surface area contributed by atoms with Gasteiger partial charge in [-0.25, -0.2) is 9.98 Å². The highest BCUT2D eigenvalue weighted by Crippen LogP contribution is 2.27. The molecule has 1 saturated heterocycles. The lowest BCUT2D eigenvalue weighted by Gasteiger charge is -2.26. The van der Waals surface area contributed by atoms with Gasteiger partial charge in [0, 0.05) is 36.3 Å². The number of morpholine rings is 1. The highest BCUT2D eigenvalue weighted by atomic mass is 32.1. The van der Waals surface area contributed by atoms with Crippen molar-refractivity contribution >= 4 is 41.2 Å². The first-order chi connectivity index (χ1) is 14.2. The molecular weight excluding hydrogens is 384 g/mol. The van der Waals surface area contributed by atoms with Crippen LogP contribution in [0.3, 0.4) is 0 Å². The molecule has 1 amide bonds. The number of amides is 1. The molecule has 2 aromatic rings. The van der Waals surface area contributed by atoms with Crippen molar-refractivity contribution in [3.05, 3.63) is 57.3 Å². The summed E-state index contributed by atoms with van der Waals surface area (Å²) in [7, 11) is 0. The summed E-state index contributed by atoms with van der Waals surface area (Å²) in [5.41, 5.74) is 3.17. The average molecular weight is 409 g/mol. The van der Waals surface area contributed by atoms with Crippen molar-refractivity contribution in [3.63, 3.8) is 0 Å². The Labute approximate surface area is 174 Å². The number of thiophene rings is 1. The highest BCUT2D eigenvalue weighted by Gasteiger charge is 2.21. The number of carbonyl (C=O) groups is 1. The summed E-state index contributed by atoms with van der Waals surface area (Å²) in [6.07, 6.45) is 6.69. The molecule has 3 heterocycles. The molecule has 2 aliphatic heterocycles. The number of hydrogen-bond acceptors (Lipinski definition) is 6. The molecule has 0 atom stereocenters. The van der Waals surface area contributed by atoms with E-state index in [0.717, 1.165) is 26.6 Å². The summed E-state index contributed by atoms with van der Waals surface area (Å²) in [5, 5.41) is 3.32. The number of anilines is 1. The van der Waals surface area contributed by atoms with Crippen molar-refractivity contribution in [2.75, 3.05) is 31.6 Å². The Hall–Kier alpha value is -2.77. The molecule has 4 rings (SSSR count). The predicted molar refractivity (Wildman–Crippen MR) is 119 cm³/mol. The number of rotatable bonds is 2. The number of carbonyl (C=O) groups excluding carboxylic acids is 1. The van der Waals surface area contributed by atoms with E-state index in [0.29, 0.717) is 45.2 Å². The van der Waals surface area contributed by atoms with Crippen molar-refractivity contribution in [1.29, 1.82) is 0 Å². The number of hydrogen-bond donors (Lipinski definition) is 1. The second-order valence-corrected chi connectivity index (χ2v) is 8.02. The zero-order valence-corrected chi connectivity index (χ0v) is 17.2. The van der Waals surface area contributed by atoms with Gasteiger partial charge in [0.25, 0.3) is 5.91 Å². The zero-order valence-electron chi connectivity index (χ0n) is 16.4. The topological polar surface area (TPSA) is 66.3 Å². The number of benzene rings is 1. The van der Waals surface area contributed by atoms with Crippen LogP contribution in [0, 0.1) is 6.92 Å². The molecule has 150 valence electrons. The number of aliphatic imine (C=N–C) groups is 2. The lowest BCUT2D eigenvalue weighted by atomic mass is 10.2. The summed E-state index contributed by atoms with van der Waals surface area (Å²) >= 11 is 1.53. The second kappa shape index (κ2) is 9.15. The maximum Gasteiger partial charge on any atom is 0.264 e. The van der Waals surface area contributed by atoms with E-state index in [2.05, 4.69) is 40.4 Å². The number of allylic oxidation sites excluding steroid dienone is 1. The smallest absolute Gasteiger partial charge is 0.264 e. The quantitative estimate of drug-likeness (QED) is 0.817. The van der Waals surface area contributed by atoms with Gasteiger partial charge >= 0.3 is 0 Å². The van der Waals surface area contributed by atoms with Crippen molar-refractivity contribution < 1.29 is 9.53 Å². The Bertz CT molecular complexity index is 971. The maximum absolute atomic E-state index is 12.9. The largest absolute Gasteiger partial charge is 0.378 e. The van der Waals surface area contributed by atoms with E-state index >= 15 is 0 Å². The molecule has 6 nitrogen and oxygen atoms in total. The number of fused-ring (bicyclic) bond motifs is 1. The third-order valence-corrected chi connectivity index (χ3v) is 6.00. The van der Waals surface area contributed by atoms with Crippen LogP contribution in [-0.4, -0.2) is 49.3 Å². The summed E-state index contributed by atoms with van der Waals surface area (Å²) in [5.74, 6) is 0.653. The molecule has 7 heteroatoms. The third kappa shape index (κ3) is 4.81. The Balaban J connectivity index is 1.56. The van der Waals surface area contributed by atoms with E-state index < -0.39 is 0 Å².